The molecule has 0 saturated carbocycles. The summed E-state index contributed by atoms with van der Waals surface area (Å²) in [7, 11) is -6.38. The molecule has 0 aliphatic heterocycles. The molecule has 0 aromatic carbocycles. The Morgan fingerprint density at radius 3 is 1.11 bits per heavy atom. The number of hydrogen-bond donors (Lipinski definition) is 0. The summed E-state index contributed by atoms with van der Waals surface area (Å²) in [6.07, 6.45) is 0. The van der Waals surface area contributed by atoms with Gasteiger partial charge in [0.15, 0.2) is 0 Å². The molecule has 0 amide bonds. The van der Waals surface area contributed by atoms with Gasteiger partial charge in [-0.25, -0.2) is 0 Å². The molecule has 0 aromatic heterocycles. The Morgan fingerprint density at radius 2 is 0.947 bits per heavy atom. The van der Waals surface area contributed by atoms with Crippen LogP contribution in [-0.2, 0) is 0 Å². The molecule has 0 fully saturated rings. The Bertz CT molecular complexity index is 343. The van der Waals surface area contributed by atoms with E-state index in [9.17, 15) is 0 Å². The lowest BCUT2D eigenvalue weighted by Crippen LogP contribution is -2.75. The van der Waals surface area contributed by atoms with E-state index in [2.05, 4.69) is 81.7 Å². The van der Waals surface area contributed by atoms with E-state index in [4.69, 9.17) is 5.53 Å². The average molecular weight is 332 g/mol. The summed E-state index contributed by atoms with van der Waals surface area (Å²) in [4.78, 5) is 3.27. The summed E-state index contributed by atoms with van der Waals surface area (Å²) < 4.78 is 4.85. The van der Waals surface area contributed by atoms with Gasteiger partial charge in [0.25, 0.3) is 0 Å². The first-order valence-electron chi connectivity index (χ1n) is 7.12. The molecule has 7 heteroatoms. The molecule has 0 heterocycles. The molecule has 0 rings (SSSR count). The first kappa shape index (κ1) is 19.2. The van der Waals surface area contributed by atoms with E-state index in [1.807, 2.05) is 0 Å². The molecule has 0 spiro atoms. The third-order valence-electron chi connectivity index (χ3n) is 4.59. The fourth-order valence-electron chi connectivity index (χ4n) is 6.31. The van der Waals surface area contributed by atoms with Crippen molar-refractivity contribution < 1.29 is 0 Å². The smallest absolute Gasteiger partial charge is 0.125 e. The number of azide groups is 1. The van der Waals surface area contributed by atoms with Crippen LogP contribution in [0.25, 0.3) is 10.4 Å². The normalized spacial score (nSPS) is 15.1. The highest BCUT2D eigenvalue weighted by Crippen LogP contribution is 2.59. The lowest BCUT2D eigenvalue weighted by atomic mass is 11.6. The van der Waals surface area contributed by atoms with Gasteiger partial charge in [0, 0.05) is 24.2 Å². The zero-order chi connectivity index (χ0) is 15.9. The predicted octanol–water partition coefficient (Wildman–Crippen LogP) is 5.87. The molecular formula is C12H33N3Si4. The van der Waals surface area contributed by atoms with Crippen LogP contribution in [-0.4, -0.2) is 32.5 Å². The van der Waals surface area contributed by atoms with Crippen molar-refractivity contribution >= 4 is 32.5 Å². The highest BCUT2D eigenvalue weighted by Gasteiger charge is 2.67. The molecule has 0 aliphatic carbocycles. The van der Waals surface area contributed by atoms with E-state index < -0.39 is 32.5 Å². The lowest BCUT2D eigenvalue weighted by Gasteiger charge is -2.64. The maximum atomic E-state index is 9.10. The Labute approximate surface area is 123 Å². The van der Waals surface area contributed by atoms with Crippen LogP contribution in [0.15, 0.2) is 4.78 Å². The van der Waals surface area contributed by atoms with Crippen molar-refractivity contribution in [2.24, 2.45) is 4.78 Å². The minimum Gasteiger partial charge on any atom is -0.125 e. The highest BCUT2D eigenvalue weighted by molar-refractivity contribution is 7.29. The first-order valence-corrected chi connectivity index (χ1v) is 20.6. The lowest BCUT2D eigenvalue weighted by molar-refractivity contribution is 1.15. The van der Waals surface area contributed by atoms with Gasteiger partial charge >= 0.3 is 0 Å². The summed E-state index contributed by atoms with van der Waals surface area (Å²) in [5, 5.41) is 0. The van der Waals surface area contributed by atoms with Gasteiger partial charge in [-0.1, -0.05) is 72.0 Å². The molecule has 112 valence electrons. The van der Waals surface area contributed by atoms with Crippen LogP contribution in [0.4, 0.5) is 0 Å². The molecule has 0 bridgehead atoms. The molecule has 0 saturated heterocycles. The number of nitrogens with zero attached hydrogens (tertiary/aromatic N) is 3. The van der Waals surface area contributed by atoms with E-state index in [0.29, 0.717) is 3.91 Å². The van der Waals surface area contributed by atoms with Crippen molar-refractivity contribution in [1.29, 1.82) is 0 Å². The van der Waals surface area contributed by atoms with Crippen molar-refractivity contribution in [2.75, 3.05) is 0 Å². The second kappa shape index (κ2) is 5.18. The Balaban J connectivity index is 6.71. The Hall–Kier alpha value is 0.178. The van der Waals surface area contributed by atoms with Crippen LogP contribution in [0.2, 0.25) is 75.9 Å². The summed E-state index contributed by atoms with van der Waals surface area (Å²) in [5.41, 5.74) is 9.10. The summed E-state index contributed by atoms with van der Waals surface area (Å²) in [6, 6.07) is 0. The van der Waals surface area contributed by atoms with Crippen molar-refractivity contribution in [2.45, 2.75) is 75.9 Å². The third kappa shape index (κ3) is 2.95. The molecular weight excluding hydrogens is 298 g/mol. The third-order valence-corrected chi connectivity index (χ3v) is 39.5. The van der Waals surface area contributed by atoms with E-state index in [1.165, 1.54) is 0 Å². The standard InChI is InChI=1S/C12H33N3Si4/c1-16(2,3)12(17(4,5)6,18(7,8)9)19(10,11)15-14-13/h1-11H3. The number of hydrogen-bond acceptors (Lipinski definition) is 1. The van der Waals surface area contributed by atoms with Crippen LogP contribution in [0.1, 0.15) is 0 Å². The van der Waals surface area contributed by atoms with Gasteiger partial charge in [0.1, 0.15) is 8.24 Å². The maximum absolute atomic E-state index is 9.10. The monoisotopic (exact) mass is 331 g/mol. The van der Waals surface area contributed by atoms with Gasteiger partial charge in [0.05, 0.1) is 0 Å². The molecule has 0 N–H and O–H groups in total. The first-order chi connectivity index (χ1) is 8.06. The zero-order valence-electron chi connectivity index (χ0n) is 14.8. The molecule has 0 radical (unpaired) electrons. The maximum Gasteiger partial charge on any atom is 0.148 e. The topological polar surface area (TPSA) is 48.8 Å². The van der Waals surface area contributed by atoms with E-state index in [1.54, 1.807) is 0 Å². The van der Waals surface area contributed by atoms with Gasteiger partial charge < -0.3 is 0 Å². The van der Waals surface area contributed by atoms with Crippen LogP contribution >= 0.6 is 0 Å². The van der Waals surface area contributed by atoms with Crippen molar-refractivity contribution in [3.05, 3.63) is 10.4 Å². The van der Waals surface area contributed by atoms with E-state index >= 15 is 0 Å². The molecule has 0 atom stereocenters. The molecule has 0 aromatic rings. The molecule has 3 nitrogen and oxygen atoms in total. The summed E-state index contributed by atoms with van der Waals surface area (Å²) in [6.45, 7) is 27.2. The van der Waals surface area contributed by atoms with E-state index in [0.717, 1.165) is 0 Å². The zero-order valence-corrected chi connectivity index (χ0v) is 18.8. The fraction of sp³-hybridized carbons (Fsp3) is 1.00. The molecule has 0 aliphatic rings. The van der Waals surface area contributed by atoms with Gasteiger partial charge in [-0.3, -0.25) is 0 Å². The van der Waals surface area contributed by atoms with Crippen LogP contribution < -0.4 is 0 Å². The second-order valence-corrected chi connectivity index (χ2v) is 32.1. The summed E-state index contributed by atoms with van der Waals surface area (Å²) in [5.74, 6) is 0. The molecule has 0 unspecified atom stereocenters. The Kier molecular flexibility index (Phi) is 5.23. The quantitative estimate of drug-likeness (QED) is 0.261. The Morgan fingerprint density at radius 1 is 0.684 bits per heavy atom. The van der Waals surface area contributed by atoms with Crippen LogP contribution in [0.5, 0.6) is 0 Å². The van der Waals surface area contributed by atoms with Gasteiger partial charge in [-0.15, -0.1) is 4.78 Å². The van der Waals surface area contributed by atoms with Gasteiger partial charge in [-0.2, -0.15) is 0 Å². The minimum atomic E-state index is -2.00. The van der Waals surface area contributed by atoms with Crippen molar-refractivity contribution in [3.63, 3.8) is 0 Å². The SMILES string of the molecule is C[Si](C)(C)C([Si](C)(C)C)([Si](C)(C)C)[Si](C)(C)N=[N+]=[N-]. The minimum absolute atomic E-state index is 0.395. The number of rotatable bonds is 5. The largest absolute Gasteiger partial charge is 0.148 e. The summed E-state index contributed by atoms with van der Waals surface area (Å²) >= 11 is 0. The van der Waals surface area contributed by atoms with E-state index in [-0.39, 0.29) is 0 Å². The fourth-order valence-corrected chi connectivity index (χ4v) is 56.2. The van der Waals surface area contributed by atoms with Crippen LogP contribution in [0.3, 0.4) is 0 Å². The van der Waals surface area contributed by atoms with Crippen molar-refractivity contribution in [1.82, 2.24) is 0 Å². The van der Waals surface area contributed by atoms with Crippen molar-refractivity contribution in [3.8, 4) is 0 Å². The van der Waals surface area contributed by atoms with Gasteiger partial charge in [-0.05, 0) is 14.4 Å². The van der Waals surface area contributed by atoms with Crippen LogP contribution in [0, 0.1) is 0 Å². The second-order valence-electron chi connectivity index (χ2n) is 9.25. The van der Waals surface area contributed by atoms with Gasteiger partial charge in [0.2, 0.25) is 0 Å². The highest BCUT2D eigenvalue weighted by atomic mass is 28.5. The average Bonchev–Trinajstić information content (AvgIpc) is 1.91. The molecule has 19 heavy (non-hydrogen) atoms. The predicted molar refractivity (Wildman–Crippen MR) is 99.4 cm³/mol.